The van der Waals surface area contributed by atoms with E-state index in [2.05, 4.69) is 22.3 Å². The van der Waals surface area contributed by atoms with Crippen LogP contribution in [0.3, 0.4) is 0 Å². The van der Waals surface area contributed by atoms with E-state index in [1.54, 1.807) is 12.4 Å². The summed E-state index contributed by atoms with van der Waals surface area (Å²) in [4.78, 5) is 8.51. The predicted molar refractivity (Wildman–Crippen MR) is 63.3 cm³/mol. The molecule has 1 unspecified atom stereocenters. The van der Waals surface area contributed by atoms with Crippen molar-refractivity contribution in [3.8, 4) is 0 Å². The number of hydrogen-bond acceptors (Lipinski definition) is 4. The van der Waals surface area contributed by atoms with Crippen molar-refractivity contribution in [2.24, 2.45) is 11.3 Å². The molecule has 1 heterocycles. The molecule has 0 bridgehead atoms. The number of hydrogen-bond donors (Lipinski definition) is 2. The van der Waals surface area contributed by atoms with Gasteiger partial charge in [0.15, 0.2) is 0 Å². The molecule has 3 N–H and O–H groups in total. The first-order valence-electron chi connectivity index (χ1n) is 6.04. The fraction of sp³-hybridized carbons (Fsp3) is 0.667. The van der Waals surface area contributed by atoms with Crippen LogP contribution in [0.25, 0.3) is 0 Å². The third-order valence-corrected chi connectivity index (χ3v) is 3.96. The molecular weight excluding hydrogens is 200 g/mol. The van der Waals surface area contributed by atoms with Crippen molar-refractivity contribution < 1.29 is 0 Å². The average Bonchev–Trinajstić information content (AvgIpc) is 2.81. The van der Waals surface area contributed by atoms with Crippen LogP contribution in [0.5, 0.6) is 0 Å². The van der Waals surface area contributed by atoms with Crippen molar-refractivity contribution in [2.45, 2.75) is 45.1 Å². The molecule has 1 aromatic heterocycles. The largest absolute Gasteiger partial charge is 0.271 e. The van der Waals surface area contributed by atoms with Gasteiger partial charge in [-0.15, -0.1) is 0 Å². The summed E-state index contributed by atoms with van der Waals surface area (Å²) in [5.74, 6) is 5.73. The maximum atomic E-state index is 5.73. The van der Waals surface area contributed by atoms with Crippen molar-refractivity contribution in [3.05, 3.63) is 24.3 Å². The summed E-state index contributed by atoms with van der Waals surface area (Å²) >= 11 is 0. The SMILES string of the molecule is CCC1(C(NN)c2cnccn2)CCCC1. The summed E-state index contributed by atoms with van der Waals surface area (Å²) in [6.45, 7) is 2.24. The molecule has 16 heavy (non-hydrogen) atoms. The van der Waals surface area contributed by atoms with Crippen molar-refractivity contribution in [1.82, 2.24) is 15.4 Å². The first-order valence-corrected chi connectivity index (χ1v) is 6.04. The van der Waals surface area contributed by atoms with Crippen molar-refractivity contribution in [2.75, 3.05) is 0 Å². The maximum Gasteiger partial charge on any atom is 0.0775 e. The zero-order valence-electron chi connectivity index (χ0n) is 9.82. The minimum atomic E-state index is 0.133. The van der Waals surface area contributed by atoms with Gasteiger partial charge >= 0.3 is 0 Å². The molecule has 1 aliphatic carbocycles. The number of nitrogens with zero attached hydrogens (tertiary/aromatic N) is 2. The van der Waals surface area contributed by atoms with Gasteiger partial charge in [0.2, 0.25) is 0 Å². The Morgan fingerprint density at radius 2 is 2.19 bits per heavy atom. The van der Waals surface area contributed by atoms with Gasteiger partial charge in [0.25, 0.3) is 0 Å². The normalized spacial score (nSPS) is 20.9. The second-order valence-corrected chi connectivity index (χ2v) is 4.65. The average molecular weight is 220 g/mol. The number of rotatable bonds is 4. The highest BCUT2D eigenvalue weighted by Crippen LogP contribution is 2.49. The Morgan fingerprint density at radius 1 is 1.44 bits per heavy atom. The molecule has 0 aliphatic heterocycles. The van der Waals surface area contributed by atoms with Crippen LogP contribution >= 0.6 is 0 Å². The minimum Gasteiger partial charge on any atom is -0.271 e. The van der Waals surface area contributed by atoms with E-state index >= 15 is 0 Å². The number of aromatic nitrogens is 2. The standard InChI is InChI=1S/C12H20N4/c1-2-12(5-3-4-6-12)11(16-13)10-9-14-7-8-15-10/h7-9,11,16H,2-6,13H2,1H3. The van der Waals surface area contributed by atoms with Gasteiger partial charge in [-0.25, -0.2) is 0 Å². The Morgan fingerprint density at radius 3 is 2.69 bits per heavy atom. The predicted octanol–water partition coefficient (Wildman–Crippen LogP) is 1.95. The highest BCUT2D eigenvalue weighted by Gasteiger charge is 2.40. The van der Waals surface area contributed by atoms with Crippen LogP contribution in [0.15, 0.2) is 18.6 Å². The lowest BCUT2D eigenvalue weighted by molar-refractivity contribution is 0.184. The summed E-state index contributed by atoms with van der Waals surface area (Å²) in [5, 5.41) is 0. The molecular formula is C12H20N4. The van der Waals surface area contributed by atoms with Crippen molar-refractivity contribution in [1.29, 1.82) is 0 Å². The zero-order valence-corrected chi connectivity index (χ0v) is 9.82. The molecule has 0 amide bonds. The molecule has 1 saturated carbocycles. The molecule has 1 aliphatic rings. The van der Waals surface area contributed by atoms with E-state index in [1.807, 2.05) is 6.20 Å². The highest BCUT2D eigenvalue weighted by atomic mass is 15.2. The lowest BCUT2D eigenvalue weighted by Gasteiger charge is -2.35. The Labute approximate surface area is 96.6 Å². The fourth-order valence-corrected chi connectivity index (χ4v) is 2.96. The van der Waals surface area contributed by atoms with Crippen LogP contribution in [0.2, 0.25) is 0 Å². The first-order chi connectivity index (χ1) is 7.82. The third-order valence-electron chi connectivity index (χ3n) is 3.96. The van der Waals surface area contributed by atoms with E-state index in [0.29, 0.717) is 0 Å². The lowest BCUT2D eigenvalue weighted by Crippen LogP contribution is -2.40. The van der Waals surface area contributed by atoms with Crippen LogP contribution in [0.4, 0.5) is 0 Å². The van der Waals surface area contributed by atoms with Gasteiger partial charge in [-0.05, 0) is 24.7 Å². The molecule has 0 spiro atoms. The van der Waals surface area contributed by atoms with Gasteiger partial charge in [-0.3, -0.25) is 21.2 Å². The van der Waals surface area contributed by atoms with E-state index < -0.39 is 0 Å². The summed E-state index contributed by atoms with van der Waals surface area (Å²) in [5.41, 5.74) is 4.18. The van der Waals surface area contributed by atoms with E-state index in [0.717, 1.165) is 12.1 Å². The van der Waals surface area contributed by atoms with Crippen LogP contribution in [-0.2, 0) is 0 Å². The highest BCUT2D eigenvalue weighted by molar-refractivity contribution is 5.09. The molecule has 88 valence electrons. The van der Waals surface area contributed by atoms with Gasteiger partial charge in [0, 0.05) is 12.4 Å². The van der Waals surface area contributed by atoms with Gasteiger partial charge < -0.3 is 0 Å². The Kier molecular flexibility index (Phi) is 3.51. The number of nitrogens with two attached hydrogens (primary N) is 1. The third kappa shape index (κ3) is 1.95. The summed E-state index contributed by atoms with van der Waals surface area (Å²) < 4.78 is 0. The van der Waals surface area contributed by atoms with Crippen molar-refractivity contribution >= 4 is 0 Å². The minimum absolute atomic E-state index is 0.133. The van der Waals surface area contributed by atoms with Gasteiger partial charge in [-0.1, -0.05) is 19.8 Å². The quantitative estimate of drug-likeness (QED) is 0.601. The molecule has 1 aromatic rings. The molecule has 0 radical (unpaired) electrons. The van der Waals surface area contributed by atoms with E-state index in [1.165, 1.54) is 25.7 Å². The van der Waals surface area contributed by atoms with E-state index in [9.17, 15) is 0 Å². The molecule has 1 atom stereocenters. The second kappa shape index (κ2) is 4.89. The Hall–Kier alpha value is -1.00. The Balaban J connectivity index is 2.28. The first kappa shape index (κ1) is 11.5. The zero-order chi connectivity index (χ0) is 11.4. The Bertz CT molecular complexity index is 319. The smallest absolute Gasteiger partial charge is 0.0775 e. The molecule has 0 aromatic carbocycles. The topological polar surface area (TPSA) is 63.8 Å². The maximum absolute atomic E-state index is 5.73. The van der Waals surface area contributed by atoms with Crippen LogP contribution in [0.1, 0.15) is 50.8 Å². The monoisotopic (exact) mass is 220 g/mol. The van der Waals surface area contributed by atoms with Gasteiger partial charge in [-0.2, -0.15) is 0 Å². The van der Waals surface area contributed by atoms with Gasteiger partial charge in [0.05, 0.1) is 17.9 Å². The number of hydrazine groups is 1. The lowest BCUT2D eigenvalue weighted by atomic mass is 9.75. The molecule has 4 nitrogen and oxygen atoms in total. The fourth-order valence-electron chi connectivity index (χ4n) is 2.96. The second-order valence-electron chi connectivity index (χ2n) is 4.65. The summed E-state index contributed by atoms with van der Waals surface area (Å²) in [7, 11) is 0. The van der Waals surface area contributed by atoms with Crippen LogP contribution < -0.4 is 11.3 Å². The summed E-state index contributed by atoms with van der Waals surface area (Å²) in [6, 6.07) is 0.133. The van der Waals surface area contributed by atoms with Crippen LogP contribution in [-0.4, -0.2) is 9.97 Å². The summed E-state index contributed by atoms with van der Waals surface area (Å²) in [6.07, 6.45) is 11.4. The van der Waals surface area contributed by atoms with E-state index in [4.69, 9.17) is 5.84 Å². The molecule has 2 rings (SSSR count). The molecule has 4 heteroatoms. The van der Waals surface area contributed by atoms with E-state index in [-0.39, 0.29) is 11.5 Å². The van der Waals surface area contributed by atoms with Crippen LogP contribution in [0, 0.1) is 5.41 Å². The van der Waals surface area contributed by atoms with Gasteiger partial charge in [0.1, 0.15) is 0 Å². The van der Waals surface area contributed by atoms with Crippen molar-refractivity contribution in [3.63, 3.8) is 0 Å². The molecule has 0 saturated heterocycles. The molecule has 1 fully saturated rings. The number of nitrogens with one attached hydrogen (secondary N) is 1.